The number of alkyl halides is 3. The number of anilines is 2. The number of hydrogen-bond donors (Lipinski definition) is 2. The summed E-state index contributed by atoms with van der Waals surface area (Å²) < 4.78 is 69.8. The molecule has 1 amide bonds. The number of nitrogens with one attached hydrogen (secondary N) is 1. The van der Waals surface area contributed by atoms with Gasteiger partial charge in [-0.2, -0.15) is 0 Å². The van der Waals surface area contributed by atoms with Crippen molar-refractivity contribution in [3.05, 3.63) is 48.0 Å². The highest BCUT2D eigenvalue weighted by molar-refractivity contribution is 7.89. The predicted molar refractivity (Wildman–Crippen MR) is 102 cm³/mol. The van der Waals surface area contributed by atoms with Crippen LogP contribution in [0.3, 0.4) is 0 Å². The minimum atomic E-state index is -4.88. The first kappa shape index (κ1) is 21.9. The number of carbonyl (C=O) groups is 1. The van der Waals surface area contributed by atoms with Crippen LogP contribution in [0, 0.1) is 0 Å². The molecule has 8 nitrogen and oxygen atoms in total. The van der Waals surface area contributed by atoms with Gasteiger partial charge in [0.1, 0.15) is 5.75 Å². The van der Waals surface area contributed by atoms with E-state index in [0.29, 0.717) is 32.0 Å². The molecule has 3 rings (SSSR count). The molecule has 30 heavy (non-hydrogen) atoms. The van der Waals surface area contributed by atoms with Gasteiger partial charge in [-0.1, -0.05) is 6.07 Å². The summed E-state index contributed by atoms with van der Waals surface area (Å²) in [7, 11) is -4.07. The summed E-state index contributed by atoms with van der Waals surface area (Å²) in [5.41, 5.74) is 0.493. The number of primary sulfonamides is 1. The van der Waals surface area contributed by atoms with E-state index in [0.717, 1.165) is 18.2 Å². The highest BCUT2D eigenvalue weighted by Crippen LogP contribution is 2.28. The van der Waals surface area contributed by atoms with Crippen molar-refractivity contribution in [2.24, 2.45) is 5.14 Å². The minimum absolute atomic E-state index is 0.00516. The van der Waals surface area contributed by atoms with Gasteiger partial charge in [-0.05, 0) is 30.3 Å². The molecule has 12 heteroatoms. The summed E-state index contributed by atoms with van der Waals surface area (Å²) in [5.74, 6) is -1.22. The predicted octanol–water partition coefficient (Wildman–Crippen LogP) is 2.32. The molecule has 1 fully saturated rings. The van der Waals surface area contributed by atoms with Gasteiger partial charge < -0.3 is 19.7 Å². The first-order valence-electron chi connectivity index (χ1n) is 8.70. The van der Waals surface area contributed by atoms with Crippen LogP contribution in [0.5, 0.6) is 5.75 Å². The minimum Gasteiger partial charge on any atom is -0.406 e. The maximum atomic E-state index is 12.9. The number of nitrogens with zero attached hydrogens (tertiary/aromatic N) is 1. The molecule has 0 atom stereocenters. The molecule has 2 aromatic rings. The van der Waals surface area contributed by atoms with Crippen LogP contribution < -0.4 is 20.1 Å². The Morgan fingerprint density at radius 3 is 2.47 bits per heavy atom. The molecule has 0 saturated carbocycles. The molecule has 2 aromatic carbocycles. The lowest BCUT2D eigenvalue weighted by Crippen LogP contribution is -2.37. The molecule has 0 spiro atoms. The van der Waals surface area contributed by atoms with E-state index in [2.05, 4.69) is 10.1 Å². The van der Waals surface area contributed by atoms with E-state index in [1.165, 1.54) is 24.3 Å². The van der Waals surface area contributed by atoms with Gasteiger partial charge in [0.05, 0.1) is 23.7 Å². The van der Waals surface area contributed by atoms with Crippen molar-refractivity contribution < 1.29 is 35.9 Å². The van der Waals surface area contributed by atoms with Crippen molar-refractivity contribution in [1.29, 1.82) is 0 Å². The van der Waals surface area contributed by atoms with Crippen LogP contribution in [0.15, 0.2) is 47.4 Å². The average molecular weight is 445 g/mol. The smallest absolute Gasteiger partial charge is 0.406 e. The van der Waals surface area contributed by atoms with Gasteiger partial charge in [-0.25, -0.2) is 13.6 Å². The van der Waals surface area contributed by atoms with E-state index in [-0.39, 0.29) is 16.1 Å². The zero-order valence-corrected chi connectivity index (χ0v) is 16.3. The van der Waals surface area contributed by atoms with Crippen molar-refractivity contribution in [2.45, 2.75) is 11.3 Å². The number of sulfonamides is 1. The molecule has 1 aliphatic heterocycles. The third kappa shape index (κ3) is 5.62. The number of morpholine rings is 1. The molecular weight excluding hydrogens is 427 g/mol. The number of carbonyl (C=O) groups excluding carboxylic acids is 1. The Labute approximate surface area is 170 Å². The van der Waals surface area contributed by atoms with Crippen molar-refractivity contribution in [3.63, 3.8) is 0 Å². The normalized spacial score (nSPS) is 15.0. The highest BCUT2D eigenvalue weighted by atomic mass is 32.2. The topological polar surface area (TPSA) is 111 Å². The molecule has 0 bridgehead atoms. The van der Waals surface area contributed by atoms with Gasteiger partial charge in [0.15, 0.2) is 0 Å². The quantitative estimate of drug-likeness (QED) is 0.731. The molecule has 1 heterocycles. The summed E-state index contributed by atoms with van der Waals surface area (Å²) in [5, 5.41) is 7.63. The van der Waals surface area contributed by atoms with Crippen LogP contribution in [-0.4, -0.2) is 47.0 Å². The van der Waals surface area contributed by atoms with Gasteiger partial charge in [0.25, 0.3) is 5.91 Å². The molecular formula is C18H18F3N3O5S. The fraction of sp³-hybridized carbons (Fsp3) is 0.278. The highest BCUT2D eigenvalue weighted by Gasteiger charge is 2.31. The second kappa shape index (κ2) is 8.50. The van der Waals surface area contributed by atoms with Crippen molar-refractivity contribution >= 4 is 27.3 Å². The average Bonchev–Trinajstić information content (AvgIpc) is 2.66. The number of ether oxygens (including phenoxy) is 2. The molecule has 0 aliphatic carbocycles. The zero-order chi connectivity index (χ0) is 21.9. The van der Waals surface area contributed by atoms with E-state index in [1.54, 1.807) is 0 Å². The number of rotatable bonds is 5. The lowest BCUT2D eigenvalue weighted by Gasteiger charge is -2.30. The summed E-state index contributed by atoms with van der Waals surface area (Å²) in [6.07, 6.45) is -4.88. The molecule has 162 valence electrons. The van der Waals surface area contributed by atoms with Crippen molar-refractivity contribution in [1.82, 2.24) is 0 Å². The number of benzene rings is 2. The summed E-state index contributed by atoms with van der Waals surface area (Å²) >= 11 is 0. The second-order valence-electron chi connectivity index (χ2n) is 6.35. The molecule has 0 aromatic heterocycles. The Hall–Kier alpha value is -2.83. The van der Waals surface area contributed by atoms with Crippen molar-refractivity contribution in [3.8, 4) is 5.75 Å². The van der Waals surface area contributed by atoms with E-state index in [1.807, 2.05) is 4.90 Å². The Morgan fingerprint density at radius 2 is 1.83 bits per heavy atom. The largest absolute Gasteiger partial charge is 0.573 e. The summed E-state index contributed by atoms with van der Waals surface area (Å²) in [6, 6.07) is 8.62. The Balaban J connectivity index is 1.92. The van der Waals surface area contributed by atoms with Crippen molar-refractivity contribution in [2.75, 3.05) is 36.5 Å². The van der Waals surface area contributed by atoms with Gasteiger partial charge in [-0.3, -0.25) is 4.79 Å². The van der Waals surface area contributed by atoms with E-state index >= 15 is 0 Å². The number of amides is 1. The fourth-order valence-electron chi connectivity index (χ4n) is 2.92. The lowest BCUT2D eigenvalue weighted by molar-refractivity contribution is -0.274. The van der Waals surface area contributed by atoms with Crippen LogP contribution in [0.1, 0.15) is 10.4 Å². The van der Waals surface area contributed by atoms with Crippen LogP contribution in [0.4, 0.5) is 24.5 Å². The second-order valence-corrected chi connectivity index (χ2v) is 7.91. The SMILES string of the molecule is NS(=O)(=O)c1ccc(N2CCOCC2)c(C(=O)Nc2cccc(OC(F)(F)F)c2)c1. The van der Waals surface area contributed by atoms with Gasteiger partial charge in [0, 0.05) is 30.5 Å². The maximum Gasteiger partial charge on any atom is 0.573 e. The molecule has 0 unspecified atom stereocenters. The van der Waals surface area contributed by atoms with Crippen LogP contribution in [-0.2, 0) is 14.8 Å². The van der Waals surface area contributed by atoms with Gasteiger partial charge in [0.2, 0.25) is 10.0 Å². The summed E-state index contributed by atoms with van der Waals surface area (Å²) in [6.45, 7) is 1.80. The zero-order valence-electron chi connectivity index (χ0n) is 15.5. The van der Waals surface area contributed by atoms with Crippen LogP contribution in [0.25, 0.3) is 0 Å². The Bertz CT molecular complexity index is 1040. The van der Waals surface area contributed by atoms with E-state index in [9.17, 15) is 26.4 Å². The number of halogens is 3. The number of hydrogen-bond acceptors (Lipinski definition) is 6. The monoisotopic (exact) mass is 445 g/mol. The third-order valence-electron chi connectivity index (χ3n) is 4.22. The molecule has 1 aliphatic rings. The first-order chi connectivity index (χ1) is 14.0. The maximum absolute atomic E-state index is 12.9. The van der Waals surface area contributed by atoms with E-state index in [4.69, 9.17) is 9.88 Å². The molecule has 1 saturated heterocycles. The Kier molecular flexibility index (Phi) is 6.19. The lowest BCUT2D eigenvalue weighted by atomic mass is 10.1. The molecule has 3 N–H and O–H groups in total. The summed E-state index contributed by atoms with van der Waals surface area (Å²) in [4.78, 5) is 14.5. The van der Waals surface area contributed by atoms with Crippen LogP contribution in [0.2, 0.25) is 0 Å². The number of nitrogens with two attached hydrogens (primary N) is 1. The Morgan fingerprint density at radius 1 is 1.13 bits per heavy atom. The fourth-order valence-corrected chi connectivity index (χ4v) is 3.46. The standard InChI is InChI=1S/C18H18F3N3O5S/c19-18(20,21)29-13-3-1-2-12(10-13)23-17(25)15-11-14(30(22,26)27)4-5-16(15)24-6-8-28-9-7-24/h1-5,10-11H,6-9H2,(H,23,25)(H2,22,26,27). The first-order valence-corrected chi connectivity index (χ1v) is 10.2. The van der Waals surface area contributed by atoms with Crippen LogP contribution >= 0.6 is 0 Å². The third-order valence-corrected chi connectivity index (χ3v) is 5.13. The van der Waals surface area contributed by atoms with Gasteiger partial charge >= 0.3 is 6.36 Å². The van der Waals surface area contributed by atoms with E-state index < -0.39 is 28.0 Å². The van der Waals surface area contributed by atoms with Gasteiger partial charge in [-0.15, -0.1) is 13.2 Å². The molecule has 0 radical (unpaired) electrons.